The normalized spacial score (nSPS) is 21.6. The highest BCUT2D eigenvalue weighted by Crippen LogP contribution is 2.31. The highest BCUT2D eigenvalue weighted by Gasteiger charge is 2.36. The number of halogens is 2. The van der Waals surface area contributed by atoms with Crippen LogP contribution in [0.4, 0.5) is 8.78 Å². The fraction of sp³-hybridized carbons (Fsp3) is 0.450. The Hall–Kier alpha value is -2.77. The third kappa shape index (κ3) is 2.96. The summed E-state index contributed by atoms with van der Waals surface area (Å²) < 4.78 is 29.3. The zero-order valence-electron chi connectivity index (χ0n) is 15.5. The van der Waals surface area contributed by atoms with Crippen LogP contribution in [0.2, 0.25) is 0 Å². The van der Waals surface area contributed by atoms with Gasteiger partial charge in [-0.2, -0.15) is 5.10 Å². The third-order valence-corrected chi connectivity index (χ3v) is 5.80. The van der Waals surface area contributed by atoms with E-state index in [1.807, 2.05) is 6.92 Å². The fourth-order valence-corrected chi connectivity index (χ4v) is 4.31. The molecule has 8 heteroatoms. The number of carboxylic acid groups (broad SMARTS) is 1. The summed E-state index contributed by atoms with van der Waals surface area (Å²) >= 11 is 0. The number of piperidine rings is 1. The molecule has 148 valence electrons. The van der Waals surface area contributed by atoms with Crippen molar-refractivity contribution in [3.8, 4) is 5.69 Å². The average molecular weight is 389 g/mol. The van der Waals surface area contributed by atoms with Crippen molar-refractivity contribution in [2.24, 2.45) is 11.8 Å². The molecule has 4 rings (SSSR count). The second-order valence-corrected chi connectivity index (χ2v) is 7.57. The molecule has 1 aromatic carbocycles. The number of carboxylic acids is 1. The van der Waals surface area contributed by atoms with Crippen molar-refractivity contribution in [3.05, 3.63) is 46.8 Å². The minimum absolute atomic E-state index is 0.00449. The summed E-state index contributed by atoms with van der Waals surface area (Å²) in [7, 11) is 0. The Bertz CT molecular complexity index is 956. The van der Waals surface area contributed by atoms with Gasteiger partial charge in [-0.1, -0.05) is 13.0 Å². The quantitative estimate of drug-likeness (QED) is 0.876. The molecule has 2 unspecified atom stereocenters. The van der Waals surface area contributed by atoms with Gasteiger partial charge in [0.05, 0.1) is 5.92 Å². The van der Waals surface area contributed by atoms with Gasteiger partial charge in [-0.05, 0) is 43.7 Å². The van der Waals surface area contributed by atoms with E-state index in [4.69, 9.17) is 0 Å². The Balaban J connectivity index is 1.67. The number of hydrogen-bond donors (Lipinski definition) is 1. The second kappa shape index (κ2) is 7.00. The molecule has 1 aliphatic heterocycles. The molecule has 1 saturated heterocycles. The van der Waals surface area contributed by atoms with Crippen LogP contribution in [0.15, 0.2) is 18.2 Å². The molecular weight excluding hydrogens is 368 g/mol. The molecule has 1 amide bonds. The van der Waals surface area contributed by atoms with E-state index in [0.717, 1.165) is 23.7 Å². The summed E-state index contributed by atoms with van der Waals surface area (Å²) in [5.74, 6) is -3.69. The number of fused-ring (bicyclic) bond motifs is 1. The lowest BCUT2D eigenvalue weighted by Gasteiger charge is -2.34. The molecule has 0 saturated carbocycles. The smallest absolute Gasteiger partial charge is 0.306 e. The van der Waals surface area contributed by atoms with Crippen LogP contribution >= 0.6 is 0 Å². The Morgan fingerprint density at radius 1 is 1.25 bits per heavy atom. The monoisotopic (exact) mass is 389 g/mol. The van der Waals surface area contributed by atoms with Crippen LogP contribution in [0.25, 0.3) is 5.69 Å². The third-order valence-electron chi connectivity index (χ3n) is 5.80. The Morgan fingerprint density at radius 3 is 2.75 bits per heavy atom. The molecule has 0 bridgehead atoms. The molecule has 2 aliphatic rings. The number of carbonyl (C=O) groups excluding carboxylic acids is 1. The van der Waals surface area contributed by atoms with Crippen molar-refractivity contribution in [2.75, 3.05) is 13.1 Å². The van der Waals surface area contributed by atoms with Gasteiger partial charge in [-0.25, -0.2) is 13.5 Å². The number of benzene rings is 1. The van der Waals surface area contributed by atoms with Gasteiger partial charge in [-0.15, -0.1) is 0 Å². The van der Waals surface area contributed by atoms with E-state index in [1.165, 1.54) is 16.8 Å². The zero-order chi connectivity index (χ0) is 20.0. The predicted octanol–water partition coefficient (Wildman–Crippen LogP) is 2.82. The van der Waals surface area contributed by atoms with Gasteiger partial charge in [0.2, 0.25) is 0 Å². The first-order valence-electron chi connectivity index (χ1n) is 9.45. The molecule has 2 aromatic rings. The van der Waals surface area contributed by atoms with Crippen LogP contribution in [0, 0.1) is 23.5 Å². The molecule has 0 radical (unpaired) electrons. The van der Waals surface area contributed by atoms with Crippen LogP contribution in [-0.2, 0) is 17.6 Å². The SMILES string of the molecule is CC1CN(C(=O)c2nn(-c3cccc(F)c3F)c3c2CCC3)CCC1C(=O)O. The van der Waals surface area contributed by atoms with Gasteiger partial charge in [0.1, 0.15) is 5.69 Å². The Labute approximate surface area is 160 Å². The number of rotatable bonds is 3. The number of carbonyl (C=O) groups is 2. The molecule has 1 N–H and O–H groups in total. The average Bonchev–Trinajstić information content (AvgIpc) is 3.26. The first kappa shape index (κ1) is 18.6. The first-order valence-corrected chi connectivity index (χ1v) is 9.45. The van der Waals surface area contributed by atoms with Crippen molar-refractivity contribution in [1.82, 2.24) is 14.7 Å². The van der Waals surface area contributed by atoms with Gasteiger partial charge < -0.3 is 10.0 Å². The van der Waals surface area contributed by atoms with Gasteiger partial charge >= 0.3 is 5.97 Å². The minimum Gasteiger partial charge on any atom is -0.481 e. The first-order chi connectivity index (χ1) is 13.4. The summed E-state index contributed by atoms with van der Waals surface area (Å²) in [6, 6.07) is 3.90. The molecule has 1 aromatic heterocycles. The Morgan fingerprint density at radius 2 is 2.04 bits per heavy atom. The van der Waals surface area contributed by atoms with Crippen LogP contribution in [0.1, 0.15) is 41.5 Å². The standard InChI is InChI=1S/C20H21F2N3O3/c1-11-10-24(9-8-12(11)20(27)28)19(26)18-13-4-2-6-15(13)25(23-18)16-7-3-5-14(21)17(16)22/h3,5,7,11-12H,2,4,6,8-10H2,1H3,(H,27,28). The number of aromatic nitrogens is 2. The van der Waals surface area contributed by atoms with Gasteiger partial charge in [0.15, 0.2) is 17.3 Å². The summed E-state index contributed by atoms with van der Waals surface area (Å²) in [6.07, 6.45) is 2.52. The molecule has 6 nitrogen and oxygen atoms in total. The lowest BCUT2D eigenvalue weighted by Crippen LogP contribution is -2.45. The van der Waals surface area contributed by atoms with E-state index in [9.17, 15) is 23.5 Å². The van der Waals surface area contributed by atoms with Crippen LogP contribution in [-0.4, -0.2) is 44.8 Å². The molecule has 2 atom stereocenters. The van der Waals surface area contributed by atoms with Gasteiger partial charge in [0, 0.05) is 24.3 Å². The lowest BCUT2D eigenvalue weighted by molar-refractivity contribution is -0.145. The zero-order valence-corrected chi connectivity index (χ0v) is 15.5. The van der Waals surface area contributed by atoms with Crippen molar-refractivity contribution >= 4 is 11.9 Å². The number of hydrogen-bond acceptors (Lipinski definition) is 3. The molecule has 1 aliphatic carbocycles. The molecule has 28 heavy (non-hydrogen) atoms. The molecule has 0 spiro atoms. The van der Waals surface area contributed by atoms with Crippen LogP contribution in [0.5, 0.6) is 0 Å². The maximum Gasteiger partial charge on any atom is 0.306 e. The van der Waals surface area contributed by atoms with E-state index in [2.05, 4.69) is 5.10 Å². The number of likely N-dealkylation sites (tertiary alicyclic amines) is 1. The maximum atomic E-state index is 14.3. The lowest BCUT2D eigenvalue weighted by atomic mass is 9.87. The van der Waals surface area contributed by atoms with Crippen molar-refractivity contribution < 1.29 is 23.5 Å². The van der Waals surface area contributed by atoms with Gasteiger partial charge in [0.25, 0.3) is 5.91 Å². The summed E-state index contributed by atoms with van der Waals surface area (Å²) in [5.41, 5.74) is 1.77. The van der Waals surface area contributed by atoms with E-state index in [-0.39, 0.29) is 23.2 Å². The molecular formula is C20H21F2N3O3. The number of aliphatic carboxylic acids is 1. The van der Waals surface area contributed by atoms with Gasteiger partial charge in [-0.3, -0.25) is 9.59 Å². The van der Waals surface area contributed by atoms with Crippen molar-refractivity contribution in [2.45, 2.75) is 32.6 Å². The van der Waals surface area contributed by atoms with E-state index in [0.29, 0.717) is 32.4 Å². The number of amides is 1. The van der Waals surface area contributed by atoms with E-state index < -0.39 is 23.5 Å². The van der Waals surface area contributed by atoms with E-state index >= 15 is 0 Å². The maximum absolute atomic E-state index is 14.3. The largest absolute Gasteiger partial charge is 0.481 e. The summed E-state index contributed by atoms with van der Waals surface area (Å²) in [5, 5.41) is 13.6. The number of nitrogens with zero attached hydrogens (tertiary/aromatic N) is 3. The Kier molecular flexibility index (Phi) is 4.64. The topological polar surface area (TPSA) is 75.4 Å². The van der Waals surface area contributed by atoms with Crippen molar-refractivity contribution in [1.29, 1.82) is 0 Å². The predicted molar refractivity (Wildman–Crippen MR) is 96.3 cm³/mol. The highest BCUT2D eigenvalue weighted by molar-refractivity contribution is 5.94. The second-order valence-electron chi connectivity index (χ2n) is 7.57. The van der Waals surface area contributed by atoms with Crippen molar-refractivity contribution in [3.63, 3.8) is 0 Å². The molecule has 2 heterocycles. The summed E-state index contributed by atoms with van der Waals surface area (Å²) in [4.78, 5) is 26.0. The highest BCUT2D eigenvalue weighted by atomic mass is 19.2. The summed E-state index contributed by atoms with van der Waals surface area (Å²) in [6.45, 7) is 2.51. The minimum atomic E-state index is -0.991. The fourth-order valence-electron chi connectivity index (χ4n) is 4.31. The van der Waals surface area contributed by atoms with E-state index in [1.54, 1.807) is 4.90 Å². The van der Waals surface area contributed by atoms with Crippen LogP contribution in [0.3, 0.4) is 0 Å². The van der Waals surface area contributed by atoms with Crippen LogP contribution < -0.4 is 0 Å². The molecule has 1 fully saturated rings.